The minimum atomic E-state index is 0. The molecule has 0 aliphatic heterocycles. The van der Waals surface area contributed by atoms with Crippen molar-refractivity contribution in [3.63, 3.8) is 0 Å². The number of nitrogens with zero attached hydrogens (tertiary/aromatic N) is 1. The fraction of sp³-hybridized carbons (Fsp3) is 0. The number of hydrogen-bond acceptors (Lipinski definition) is 1. The van der Waals surface area contributed by atoms with E-state index in [4.69, 9.17) is 0 Å². The number of aromatic nitrogens is 1. The molecular formula is C5HBr6N. The van der Waals surface area contributed by atoms with Crippen LogP contribution in [0, 0.1) is 0 Å². The van der Waals surface area contributed by atoms with Crippen LogP contribution in [-0.2, 0) is 0 Å². The van der Waals surface area contributed by atoms with E-state index in [0.29, 0.717) is 0 Å². The van der Waals surface area contributed by atoms with Gasteiger partial charge in [-0.05, 0) is 79.6 Å². The zero-order valence-electron chi connectivity index (χ0n) is 5.25. The van der Waals surface area contributed by atoms with Crippen molar-refractivity contribution in [3.8, 4) is 0 Å². The van der Waals surface area contributed by atoms with Crippen LogP contribution in [0.15, 0.2) is 22.6 Å². The van der Waals surface area contributed by atoms with Crippen LogP contribution in [0.5, 0.6) is 0 Å². The lowest BCUT2D eigenvalue weighted by molar-refractivity contribution is 1.18. The third-order valence-electron chi connectivity index (χ3n) is 0.944. The van der Waals surface area contributed by atoms with Crippen LogP contribution in [-0.4, -0.2) is 4.98 Å². The summed E-state index contributed by atoms with van der Waals surface area (Å²) in [7, 11) is 0. The number of pyridine rings is 1. The van der Waals surface area contributed by atoms with Crippen LogP contribution < -0.4 is 0 Å². The lowest BCUT2D eigenvalue weighted by Crippen LogP contribution is -1.83. The first-order chi connectivity index (χ1) is 5.04. The molecule has 1 aromatic heterocycles. The number of halogens is 6. The molecule has 1 rings (SSSR count). The molecule has 0 saturated carbocycles. The van der Waals surface area contributed by atoms with E-state index in [9.17, 15) is 0 Å². The Balaban J connectivity index is 0.00000121. The van der Waals surface area contributed by atoms with Gasteiger partial charge in [-0.1, -0.05) is 0 Å². The van der Waals surface area contributed by atoms with Gasteiger partial charge >= 0.3 is 0 Å². The normalized spacial score (nSPS) is 9.42. The second-order valence-corrected chi connectivity index (χ2v) is 5.52. The van der Waals surface area contributed by atoms with Crippen molar-refractivity contribution in [1.29, 1.82) is 0 Å². The summed E-state index contributed by atoms with van der Waals surface area (Å²) in [4.78, 5) is 4.14. The molecule has 1 heterocycles. The highest BCUT2D eigenvalue weighted by Gasteiger charge is 2.10. The highest BCUT2D eigenvalue weighted by atomic mass is 79.9. The molecule has 0 saturated heterocycles. The predicted molar refractivity (Wildman–Crippen MR) is 73.1 cm³/mol. The first kappa shape index (κ1) is 14.0. The van der Waals surface area contributed by atoms with E-state index in [0.717, 1.165) is 22.6 Å². The molecule has 0 aliphatic carbocycles. The molecule has 0 amide bonds. The fourth-order valence-corrected chi connectivity index (χ4v) is 3.20. The van der Waals surface area contributed by atoms with Crippen molar-refractivity contribution in [1.82, 2.24) is 4.98 Å². The number of hydrogen-bond donors (Lipinski definition) is 0. The molecule has 1 aromatic rings. The van der Waals surface area contributed by atoms with Crippen molar-refractivity contribution in [2.24, 2.45) is 0 Å². The second-order valence-electron chi connectivity index (χ2n) is 1.64. The highest BCUT2D eigenvalue weighted by Crippen LogP contribution is 2.38. The molecule has 0 spiro atoms. The Labute approximate surface area is 123 Å². The van der Waals surface area contributed by atoms with Crippen LogP contribution in [0.4, 0.5) is 0 Å². The van der Waals surface area contributed by atoms with Crippen LogP contribution in [0.3, 0.4) is 0 Å². The predicted octanol–water partition coefficient (Wildman–Crippen LogP) is 5.47. The molecule has 7 heteroatoms. The Kier molecular flexibility index (Phi) is 6.78. The summed E-state index contributed by atoms with van der Waals surface area (Å²) in [5.74, 6) is 0. The monoisotopic (exact) mass is 549 g/mol. The molecule has 0 atom stereocenters. The third kappa shape index (κ3) is 3.02. The van der Waals surface area contributed by atoms with Gasteiger partial charge in [0.15, 0.2) is 0 Å². The first-order valence-electron chi connectivity index (χ1n) is 2.39. The smallest absolute Gasteiger partial charge is 0.122 e. The van der Waals surface area contributed by atoms with Gasteiger partial charge in [0.25, 0.3) is 0 Å². The summed E-state index contributed by atoms with van der Waals surface area (Å²) in [6.45, 7) is 0. The second kappa shape index (κ2) is 5.80. The van der Waals surface area contributed by atoms with Gasteiger partial charge in [-0.25, -0.2) is 4.98 Å². The van der Waals surface area contributed by atoms with E-state index in [1.807, 2.05) is 0 Å². The van der Waals surface area contributed by atoms with Crippen molar-refractivity contribution in [2.75, 3.05) is 0 Å². The van der Waals surface area contributed by atoms with Gasteiger partial charge in [0.2, 0.25) is 0 Å². The summed E-state index contributed by atoms with van der Waals surface area (Å²) in [6.07, 6.45) is 0. The van der Waals surface area contributed by atoms with Crippen LogP contribution in [0.25, 0.3) is 0 Å². The van der Waals surface area contributed by atoms with E-state index in [2.05, 4.69) is 84.6 Å². The zero-order valence-corrected chi connectivity index (χ0v) is 14.9. The molecule has 0 bridgehead atoms. The summed E-state index contributed by atoms with van der Waals surface area (Å²) in [5.41, 5.74) is 0. The molecular weight excluding hydrogens is 553 g/mol. The molecule has 1 nitrogen and oxygen atoms in total. The summed E-state index contributed by atoms with van der Waals surface area (Å²) in [5, 5.41) is 0. The van der Waals surface area contributed by atoms with Crippen molar-refractivity contribution in [2.45, 2.75) is 0 Å². The van der Waals surface area contributed by atoms with Crippen LogP contribution in [0.1, 0.15) is 0 Å². The summed E-state index contributed by atoms with van der Waals surface area (Å²) in [6, 6.07) is 0. The van der Waals surface area contributed by atoms with E-state index in [1.54, 1.807) is 0 Å². The van der Waals surface area contributed by atoms with Gasteiger partial charge in [-0.2, -0.15) is 0 Å². The van der Waals surface area contributed by atoms with Crippen LogP contribution >= 0.6 is 96.6 Å². The zero-order chi connectivity index (χ0) is 8.59. The first-order valence-corrected chi connectivity index (χ1v) is 6.36. The maximum atomic E-state index is 4.14. The quantitative estimate of drug-likeness (QED) is 0.388. The van der Waals surface area contributed by atoms with E-state index in [-0.39, 0.29) is 17.0 Å². The van der Waals surface area contributed by atoms with E-state index in [1.165, 1.54) is 0 Å². The Morgan fingerprint density at radius 2 is 1.00 bits per heavy atom. The molecule has 0 aliphatic rings. The lowest BCUT2D eigenvalue weighted by Gasteiger charge is -2.02. The van der Waals surface area contributed by atoms with Crippen molar-refractivity contribution >= 4 is 96.6 Å². The maximum Gasteiger partial charge on any atom is 0.122 e. The SMILES string of the molecule is Br.Brc1nc(Br)c(Br)c(Br)c1Br. The minimum absolute atomic E-state index is 0. The Morgan fingerprint density at radius 3 is 1.33 bits per heavy atom. The molecule has 0 N–H and O–H groups in total. The number of rotatable bonds is 0. The summed E-state index contributed by atoms with van der Waals surface area (Å²) >= 11 is 16.7. The average molecular weight is 554 g/mol. The van der Waals surface area contributed by atoms with Gasteiger partial charge in [0, 0.05) is 0 Å². The molecule has 0 radical (unpaired) electrons. The third-order valence-corrected chi connectivity index (χ3v) is 6.56. The topological polar surface area (TPSA) is 12.9 Å². The standard InChI is InChI=1S/C5Br5N.BrH/c6-1-2(7)4(9)11-5(10)3(1)8;/h;1H. The Hall–Kier alpha value is 2.03. The molecule has 68 valence electrons. The van der Waals surface area contributed by atoms with Crippen LogP contribution in [0.2, 0.25) is 0 Å². The Morgan fingerprint density at radius 1 is 0.667 bits per heavy atom. The van der Waals surface area contributed by atoms with Crippen molar-refractivity contribution < 1.29 is 0 Å². The molecule has 0 aromatic carbocycles. The van der Waals surface area contributed by atoms with Gasteiger partial charge < -0.3 is 0 Å². The van der Waals surface area contributed by atoms with Crippen molar-refractivity contribution in [3.05, 3.63) is 22.6 Å². The highest BCUT2D eigenvalue weighted by molar-refractivity contribution is 9.15. The largest absolute Gasteiger partial charge is 0.232 e. The summed E-state index contributed by atoms with van der Waals surface area (Å²) < 4.78 is 4.25. The maximum absolute atomic E-state index is 4.14. The van der Waals surface area contributed by atoms with E-state index < -0.39 is 0 Å². The fourth-order valence-electron chi connectivity index (χ4n) is 0.462. The van der Waals surface area contributed by atoms with Gasteiger partial charge in [0.05, 0.1) is 13.4 Å². The van der Waals surface area contributed by atoms with Gasteiger partial charge in [-0.15, -0.1) is 17.0 Å². The molecule has 0 unspecified atom stereocenters. The van der Waals surface area contributed by atoms with Gasteiger partial charge in [0.1, 0.15) is 9.21 Å². The van der Waals surface area contributed by atoms with Gasteiger partial charge in [-0.3, -0.25) is 0 Å². The lowest BCUT2D eigenvalue weighted by atomic mass is 10.5. The Bertz CT molecular complexity index is 272. The molecule has 12 heavy (non-hydrogen) atoms. The molecule has 0 fully saturated rings. The average Bonchev–Trinajstić information content (AvgIpc) is 1.97. The van der Waals surface area contributed by atoms with E-state index >= 15 is 0 Å². The minimum Gasteiger partial charge on any atom is -0.232 e.